The summed E-state index contributed by atoms with van der Waals surface area (Å²) in [7, 11) is 0. The van der Waals surface area contributed by atoms with Crippen LogP contribution in [0.3, 0.4) is 0 Å². The second kappa shape index (κ2) is 6.07. The first kappa shape index (κ1) is 16.5. The molecule has 3 rings (SSSR count). The fourth-order valence-corrected chi connectivity index (χ4v) is 3.27. The highest BCUT2D eigenvalue weighted by molar-refractivity contribution is 5.92. The number of benzene rings is 1. The maximum atomic E-state index is 9.21. The van der Waals surface area contributed by atoms with Crippen molar-refractivity contribution < 1.29 is 0 Å². The van der Waals surface area contributed by atoms with Crippen LogP contribution in [0.4, 0.5) is 5.69 Å². The van der Waals surface area contributed by atoms with Gasteiger partial charge in [0.05, 0.1) is 11.3 Å². The lowest BCUT2D eigenvalue weighted by Gasteiger charge is -2.42. The molecule has 2 heterocycles. The van der Waals surface area contributed by atoms with Gasteiger partial charge < -0.3 is 10.6 Å². The summed E-state index contributed by atoms with van der Waals surface area (Å²) in [5.41, 5.74) is 9.39. The topological polar surface area (TPSA) is 78.8 Å². The van der Waals surface area contributed by atoms with Gasteiger partial charge in [-0.15, -0.1) is 12.4 Å². The van der Waals surface area contributed by atoms with Crippen molar-refractivity contribution in [3.05, 3.63) is 30.1 Å². The summed E-state index contributed by atoms with van der Waals surface area (Å²) in [6, 6.07) is 6.11. The molecule has 1 aliphatic rings. The number of halogens is 1. The SMILES string of the molecule is CC1(C)CC(N)CN(c2ccc(C#N)c3nccnc23)C1.Cl. The van der Waals surface area contributed by atoms with Gasteiger partial charge in [-0.2, -0.15) is 5.26 Å². The number of piperidine rings is 1. The molecular formula is C16H20ClN5. The Bertz CT molecular complexity index is 722. The third-order valence-corrected chi connectivity index (χ3v) is 3.95. The summed E-state index contributed by atoms with van der Waals surface area (Å²) in [5.74, 6) is 0. The summed E-state index contributed by atoms with van der Waals surface area (Å²) in [6.45, 7) is 6.20. The first-order valence-corrected chi connectivity index (χ1v) is 7.14. The number of nitrogens with two attached hydrogens (primary N) is 1. The molecule has 1 fully saturated rings. The van der Waals surface area contributed by atoms with Gasteiger partial charge in [-0.1, -0.05) is 13.8 Å². The summed E-state index contributed by atoms with van der Waals surface area (Å²) < 4.78 is 0. The van der Waals surface area contributed by atoms with Crippen molar-refractivity contribution in [1.29, 1.82) is 5.26 Å². The van der Waals surface area contributed by atoms with Crippen LogP contribution < -0.4 is 10.6 Å². The normalized spacial score (nSPS) is 20.3. The van der Waals surface area contributed by atoms with Crippen molar-refractivity contribution in [2.24, 2.45) is 11.1 Å². The van der Waals surface area contributed by atoms with Crippen LogP contribution in [0.25, 0.3) is 11.0 Å². The molecule has 0 amide bonds. The standard InChI is InChI=1S/C16H19N5.ClH/c1-16(2)7-12(18)9-21(10-16)13-4-3-11(8-17)14-15(13)20-6-5-19-14;/h3-6,12H,7,9-10,18H2,1-2H3;1H. The lowest BCUT2D eigenvalue weighted by atomic mass is 9.81. The molecule has 2 N–H and O–H groups in total. The molecule has 116 valence electrons. The van der Waals surface area contributed by atoms with E-state index in [1.54, 1.807) is 12.4 Å². The minimum Gasteiger partial charge on any atom is -0.368 e. The Hall–Kier alpha value is -1.90. The summed E-state index contributed by atoms with van der Waals surface area (Å²) in [4.78, 5) is 11.0. The second-order valence-corrected chi connectivity index (χ2v) is 6.51. The minimum absolute atomic E-state index is 0. The molecule has 0 radical (unpaired) electrons. The zero-order valence-electron chi connectivity index (χ0n) is 12.8. The highest BCUT2D eigenvalue weighted by Gasteiger charge is 2.32. The van der Waals surface area contributed by atoms with Crippen LogP contribution >= 0.6 is 12.4 Å². The molecule has 0 aliphatic carbocycles. The third kappa shape index (κ3) is 2.99. The maximum absolute atomic E-state index is 9.21. The van der Waals surface area contributed by atoms with Gasteiger partial charge in [0.1, 0.15) is 17.1 Å². The second-order valence-electron chi connectivity index (χ2n) is 6.51. The lowest BCUT2D eigenvalue weighted by Crippen LogP contribution is -2.50. The minimum atomic E-state index is 0. The van der Waals surface area contributed by atoms with Crippen LogP contribution in [0.1, 0.15) is 25.8 Å². The lowest BCUT2D eigenvalue weighted by molar-refractivity contribution is 0.268. The summed E-state index contributed by atoms with van der Waals surface area (Å²) in [5, 5.41) is 9.21. The van der Waals surface area contributed by atoms with Crippen LogP contribution in [0.2, 0.25) is 0 Å². The fourth-order valence-electron chi connectivity index (χ4n) is 3.27. The smallest absolute Gasteiger partial charge is 0.113 e. The quantitative estimate of drug-likeness (QED) is 0.874. The van der Waals surface area contributed by atoms with E-state index in [-0.39, 0.29) is 23.9 Å². The van der Waals surface area contributed by atoms with Gasteiger partial charge in [0.2, 0.25) is 0 Å². The molecule has 0 spiro atoms. The van der Waals surface area contributed by atoms with E-state index in [1.807, 2.05) is 12.1 Å². The molecule has 1 aromatic heterocycles. The number of nitriles is 1. The number of hydrogen-bond acceptors (Lipinski definition) is 5. The predicted molar refractivity (Wildman–Crippen MR) is 90.1 cm³/mol. The number of nitrogens with zero attached hydrogens (tertiary/aromatic N) is 4. The van der Waals surface area contributed by atoms with Crippen LogP contribution in [-0.4, -0.2) is 29.1 Å². The van der Waals surface area contributed by atoms with E-state index >= 15 is 0 Å². The zero-order chi connectivity index (χ0) is 15.0. The van der Waals surface area contributed by atoms with E-state index in [0.717, 1.165) is 30.7 Å². The van der Waals surface area contributed by atoms with Crippen LogP contribution in [0.15, 0.2) is 24.5 Å². The van der Waals surface area contributed by atoms with Gasteiger partial charge in [-0.25, -0.2) is 0 Å². The zero-order valence-corrected chi connectivity index (χ0v) is 13.6. The van der Waals surface area contributed by atoms with Crippen LogP contribution in [-0.2, 0) is 0 Å². The number of fused-ring (bicyclic) bond motifs is 1. The molecule has 0 bridgehead atoms. The van der Waals surface area contributed by atoms with Crippen molar-refractivity contribution in [3.63, 3.8) is 0 Å². The molecule has 6 heteroatoms. The summed E-state index contributed by atoms with van der Waals surface area (Å²) >= 11 is 0. The number of rotatable bonds is 1. The predicted octanol–water partition coefficient (Wildman–Crippen LogP) is 2.49. The van der Waals surface area contributed by atoms with Crippen LogP contribution in [0, 0.1) is 16.7 Å². The molecule has 1 unspecified atom stereocenters. The highest BCUT2D eigenvalue weighted by atomic mass is 35.5. The Kier molecular flexibility index (Phi) is 4.55. The Balaban J connectivity index is 0.00000176. The first-order valence-electron chi connectivity index (χ1n) is 7.14. The molecule has 1 saturated heterocycles. The molecule has 1 atom stereocenters. The monoisotopic (exact) mass is 317 g/mol. The maximum Gasteiger partial charge on any atom is 0.113 e. The van der Waals surface area contributed by atoms with Gasteiger partial charge in [0.25, 0.3) is 0 Å². The fraction of sp³-hybridized carbons (Fsp3) is 0.438. The van der Waals surface area contributed by atoms with Gasteiger partial charge in [-0.3, -0.25) is 9.97 Å². The van der Waals surface area contributed by atoms with E-state index in [2.05, 4.69) is 34.8 Å². The Morgan fingerprint density at radius 3 is 2.59 bits per heavy atom. The molecule has 1 aliphatic heterocycles. The number of anilines is 1. The Morgan fingerprint density at radius 1 is 1.27 bits per heavy atom. The molecule has 2 aromatic rings. The molecule has 0 saturated carbocycles. The van der Waals surface area contributed by atoms with E-state index in [1.165, 1.54) is 0 Å². The average molecular weight is 318 g/mol. The van der Waals surface area contributed by atoms with Gasteiger partial charge in [0, 0.05) is 31.5 Å². The van der Waals surface area contributed by atoms with E-state index in [4.69, 9.17) is 5.73 Å². The van der Waals surface area contributed by atoms with Crippen molar-refractivity contribution in [1.82, 2.24) is 9.97 Å². The van der Waals surface area contributed by atoms with Gasteiger partial charge in [0.15, 0.2) is 0 Å². The van der Waals surface area contributed by atoms with E-state index in [9.17, 15) is 5.26 Å². The highest BCUT2D eigenvalue weighted by Crippen LogP contribution is 2.34. The third-order valence-electron chi connectivity index (χ3n) is 3.95. The van der Waals surface area contributed by atoms with Gasteiger partial charge in [-0.05, 0) is 24.0 Å². The van der Waals surface area contributed by atoms with Crippen molar-refractivity contribution >= 4 is 29.1 Å². The van der Waals surface area contributed by atoms with E-state index < -0.39 is 0 Å². The average Bonchev–Trinajstić information content (AvgIpc) is 2.44. The molecule has 1 aromatic carbocycles. The summed E-state index contributed by atoms with van der Waals surface area (Å²) in [6.07, 6.45) is 4.31. The molecule has 5 nitrogen and oxygen atoms in total. The molecular weight excluding hydrogens is 298 g/mol. The largest absolute Gasteiger partial charge is 0.368 e. The molecule has 22 heavy (non-hydrogen) atoms. The van der Waals surface area contributed by atoms with E-state index in [0.29, 0.717) is 11.1 Å². The van der Waals surface area contributed by atoms with Crippen LogP contribution in [0.5, 0.6) is 0 Å². The van der Waals surface area contributed by atoms with Gasteiger partial charge >= 0.3 is 0 Å². The number of aromatic nitrogens is 2. The van der Waals surface area contributed by atoms with Crippen molar-refractivity contribution in [3.8, 4) is 6.07 Å². The van der Waals surface area contributed by atoms with Crippen molar-refractivity contribution in [2.75, 3.05) is 18.0 Å². The Morgan fingerprint density at radius 2 is 1.95 bits per heavy atom. The first-order chi connectivity index (χ1) is 10.00. The van der Waals surface area contributed by atoms with Crippen molar-refractivity contribution in [2.45, 2.75) is 26.3 Å². The Labute approximate surface area is 136 Å². The number of hydrogen-bond donors (Lipinski definition) is 1.